The number of piperidine rings is 1. The standard InChI is InChI=1S/C22H26N6O2/c1-13(29)14-4-5-15-9-17(24)21(26-18(15)10-14)22(30)27-19-11-25-7-6-20(19)28-8-2-3-16(23)12-28/h4-7,9-11,13,16,29H,2-3,8,12,23-24H2,1H3,(H,27,30)/t13?,16-/m0/s1. The van der Waals surface area contributed by atoms with E-state index in [0.717, 1.165) is 42.6 Å². The van der Waals surface area contributed by atoms with Gasteiger partial charge in [-0.25, -0.2) is 4.98 Å². The Balaban J connectivity index is 1.64. The Hall–Kier alpha value is -3.23. The van der Waals surface area contributed by atoms with Crippen LogP contribution in [0.5, 0.6) is 0 Å². The first kappa shape index (κ1) is 20.1. The van der Waals surface area contributed by atoms with Gasteiger partial charge in [0, 0.05) is 30.7 Å². The van der Waals surface area contributed by atoms with Crippen LogP contribution < -0.4 is 21.7 Å². The number of hydrogen-bond donors (Lipinski definition) is 4. The molecule has 0 bridgehead atoms. The van der Waals surface area contributed by atoms with Gasteiger partial charge >= 0.3 is 0 Å². The maximum Gasteiger partial charge on any atom is 0.276 e. The second-order valence-corrected chi connectivity index (χ2v) is 7.75. The molecule has 8 nitrogen and oxygen atoms in total. The maximum atomic E-state index is 13.0. The highest BCUT2D eigenvalue weighted by Gasteiger charge is 2.21. The number of fused-ring (bicyclic) bond motifs is 1. The van der Waals surface area contributed by atoms with Gasteiger partial charge in [-0.3, -0.25) is 9.78 Å². The molecule has 0 radical (unpaired) electrons. The van der Waals surface area contributed by atoms with Crippen LogP contribution in [-0.4, -0.2) is 40.1 Å². The molecule has 1 unspecified atom stereocenters. The van der Waals surface area contributed by atoms with E-state index in [1.165, 1.54) is 0 Å². The molecule has 3 heterocycles. The number of benzene rings is 1. The van der Waals surface area contributed by atoms with Crippen molar-refractivity contribution in [2.45, 2.75) is 31.9 Å². The van der Waals surface area contributed by atoms with Crippen LogP contribution in [0.1, 0.15) is 41.9 Å². The van der Waals surface area contributed by atoms with E-state index in [4.69, 9.17) is 11.5 Å². The van der Waals surface area contributed by atoms with E-state index in [-0.39, 0.29) is 17.4 Å². The normalized spacial score (nSPS) is 17.7. The van der Waals surface area contributed by atoms with Gasteiger partial charge in [-0.05, 0) is 43.5 Å². The molecule has 1 aromatic carbocycles. The zero-order valence-corrected chi connectivity index (χ0v) is 16.9. The third-order valence-corrected chi connectivity index (χ3v) is 5.41. The average molecular weight is 406 g/mol. The van der Waals surface area contributed by atoms with E-state index in [1.54, 1.807) is 31.5 Å². The lowest BCUT2D eigenvalue weighted by Crippen LogP contribution is -2.43. The first-order valence-corrected chi connectivity index (χ1v) is 10.1. The number of nitrogens with two attached hydrogens (primary N) is 2. The van der Waals surface area contributed by atoms with Gasteiger partial charge in [0.25, 0.3) is 5.91 Å². The van der Waals surface area contributed by atoms with Crippen molar-refractivity contribution >= 4 is 33.9 Å². The molecule has 156 valence electrons. The van der Waals surface area contributed by atoms with Crippen molar-refractivity contribution in [3.05, 3.63) is 54.0 Å². The van der Waals surface area contributed by atoms with Crippen LogP contribution >= 0.6 is 0 Å². The highest BCUT2D eigenvalue weighted by atomic mass is 16.3. The lowest BCUT2D eigenvalue weighted by atomic mass is 10.1. The van der Waals surface area contributed by atoms with Gasteiger partial charge < -0.3 is 26.8 Å². The summed E-state index contributed by atoms with van der Waals surface area (Å²) in [6.07, 6.45) is 4.69. The van der Waals surface area contributed by atoms with Crippen LogP contribution in [0.25, 0.3) is 10.9 Å². The average Bonchev–Trinajstić information content (AvgIpc) is 2.73. The SMILES string of the molecule is CC(O)c1ccc2cc(N)c(C(=O)Nc3cnccc3N3CCC[C@H](N)C3)nc2c1. The molecule has 0 spiro atoms. The van der Waals surface area contributed by atoms with Gasteiger partial charge in [0.2, 0.25) is 0 Å². The summed E-state index contributed by atoms with van der Waals surface area (Å²) in [5.74, 6) is -0.410. The number of nitrogens with one attached hydrogen (secondary N) is 1. The number of rotatable bonds is 4. The molecule has 3 aromatic rings. The van der Waals surface area contributed by atoms with Crippen LogP contribution in [0, 0.1) is 0 Å². The van der Waals surface area contributed by atoms with Crippen molar-refractivity contribution < 1.29 is 9.90 Å². The van der Waals surface area contributed by atoms with Gasteiger partial charge in [0.15, 0.2) is 5.69 Å². The van der Waals surface area contributed by atoms with Crippen LogP contribution in [0.3, 0.4) is 0 Å². The lowest BCUT2D eigenvalue weighted by Gasteiger charge is -2.33. The molecule has 1 saturated heterocycles. The Morgan fingerprint density at radius 3 is 2.93 bits per heavy atom. The Labute approximate surface area is 174 Å². The summed E-state index contributed by atoms with van der Waals surface area (Å²) in [5, 5.41) is 13.5. The van der Waals surface area contributed by atoms with E-state index in [1.807, 2.05) is 18.2 Å². The molecule has 30 heavy (non-hydrogen) atoms. The van der Waals surface area contributed by atoms with Crippen LogP contribution in [-0.2, 0) is 0 Å². The van der Waals surface area contributed by atoms with Gasteiger partial charge in [-0.2, -0.15) is 0 Å². The third-order valence-electron chi connectivity index (χ3n) is 5.41. The number of aromatic nitrogens is 2. The van der Waals surface area contributed by atoms with Crippen molar-refractivity contribution in [2.24, 2.45) is 5.73 Å². The molecule has 4 rings (SSSR count). The molecule has 1 aliphatic rings. The number of nitrogen functional groups attached to an aromatic ring is 1. The molecular weight excluding hydrogens is 380 g/mol. The fraction of sp³-hybridized carbons (Fsp3) is 0.318. The number of carbonyl (C=O) groups is 1. The minimum atomic E-state index is -0.625. The number of aliphatic hydroxyl groups excluding tert-OH is 1. The maximum absolute atomic E-state index is 13.0. The molecule has 2 atom stereocenters. The van der Waals surface area contributed by atoms with E-state index in [2.05, 4.69) is 20.2 Å². The van der Waals surface area contributed by atoms with Gasteiger partial charge in [-0.15, -0.1) is 0 Å². The summed E-state index contributed by atoms with van der Waals surface area (Å²) in [4.78, 5) is 23.8. The summed E-state index contributed by atoms with van der Waals surface area (Å²) in [7, 11) is 0. The number of carbonyl (C=O) groups excluding carboxylic acids is 1. The smallest absolute Gasteiger partial charge is 0.276 e. The minimum absolute atomic E-state index is 0.108. The zero-order chi connectivity index (χ0) is 21.3. The number of aliphatic hydroxyl groups is 1. The van der Waals surface area contributed by atoms with Crippen LogP contribution in [0.15, 0.2) is 42.7 Å². The van der Waals surface area contributed by atoms with E-state index in [9.17, 15) is 9.90 Å². The molecule has 6 N–H and O–H groups in total. The van der Waals surface area contributed by atoms with Crippen LogP contribution in [0.4, 0.5) is 17.1 Å². The fourth-order valence-electron chi connectivity index (χ4n) is 3.81. The third kappa shape index (κ3) is 4.05. The second kappa shape index (κ2) is 8.25. The van der Waals surface area contributed by atoms with Crippen LogP contribution in [0.2, 0.25) is 0 Å². The first-order valence-electron chi connectivity index (χ1n) is 10.1. The lowest BCUT2D eigenvalue weighted by molar-refractivity contribution is 0.102. The quantitative estimate of drug-likeness (QED) is 0.523. The predicted octanol–water partition coefficient (Wildman–Crippen LogP) is 2.45. The first-order chi connectivity index (χ1) is 14.4. The molecule has 2 aromatic heterocycles. The highest BCUT2D eigenvalue weighted by molar-refractivity contribution is 6.09. The molecule has 0 aliphatic carbocycles. The van der Waals surface area contributed by atoms with Crippen molar-refractivity contribution in [3.63, 3.8) is 0 Å². The number of pyridine rings is 2. The van der Waals surface area contributed by atoms with Crippen molar-refractivity contribution in [1.82, 2.24) is 9.97 Å². The summed E-state index contributed by atoms with van der Waals surface area (Å²) in [6.45, 7) is 3.28. The molecule has 1 aliphatic heterocycles. The van der Waals surface area contributed by atoms with E-state index in [0.29, 0.717) is 11.2 Å². The Kier molecular flexibility index (Phi) is 5.52. The summed E-state index contributed by atoms with van der Waals surface area (Å²) in [6, 6.07) is 9.12. The van der Waals surface area contributed by atoms with Crippen molar-refractivity contribution in [2.75, 3.05) is 29.0 Å². The zero-order valence-electron chi connectivity index (χ0n) is 16.9. The molecule has 1 fully saturated rings. The Morgan fingerprint density at radius 2 is 2.17 bits per heavy atom. The molecular formula is C22H26N6O2. The van der Waals surface area contributed by atoms with E-state index < -0.39 is 12.0 Å². The minimum Gasteiger partial charge on any atom is -0.397 e. The monoisotopic (exact) mass is 406 g/mol. The van der Waals surface area contributed by atoms with Gasteiger partial charge in [0.1, 0.15) is 0 Å². The number of hydrogen-bond acceptors (Lipinski definition) is 7. The number of anilines is 3. The Morgan fingerprint density at radius 1 is 1.33 bits per heavy atom. The van der Waals surface area contributed by atoms with Gasteiger partial charge in [-0.1, -0.05) is 12.1 Å². The summed E-state index contributed by atoms with van der Waals surface area (Å²) >= 11 is 0. The topological polar surface area (TPSA) is 130 Å². The fourth-order valence-corrected chi connectivity index (χ4v) is 3.81. The summed E-state index contributed by atoms with van der Waals surface area (Å²) < 4.78 is 0. The number of amides is 1. The number of nitrogens with zero attached hydrogens (tertiary/aromatic N) is 3. The largest absolute Gasteiger partial charge is 0.397 e. The second-order valence-electron chi connectivity index (χ2n) is 7.75. The molecule has 1 amide bonds. The Bertz CT molecular complexity index is 1080. The molecule has 0 saturated carbocycles. The summed E-state index contributed by atoms with van der Waals surface area (Å²) in [5.41, 5.74) is 15.5. The van der Waals surface area contributed by atoms with E-state index >= 15 is 0 Å². The van der Waals surface area contributed by atoms with Crippen molar-refractivity contribution in [1.29, 1.82) is 0 Å². The van der Waals surface area contributed by atoms with Crippen molar-refractivity contribution in [3.8, 4) is 0 Å². The highest BCUT2D eigenvalue weighted by Crippen LogP contribution is 2.29. The molecule has 8 heteroatoms. The van der Waals surface area contributed by atoms with Gasteiger partial charge in [0.05, 0.1) is 34.9 Å². The predicted molar refractivity (Wildman–Crippen MR) is 118 cm³/mol.